The van der Waals surface area contributed by atoms with E-state index in [9.17, 15) is 4.79 Å². The fraction of sp³-hybridized carbons (Fsp3) is 0.500. The molecule has 0 amide bonds. The summed E-state index contributed by atoms with van der Waals surface area (Å²) in [5.74, 6) is 0.569. The number of rotatable bonds is 6. The Labute approximate surface area is 113 Å². The van der Waals surface area contributed by atoms with Gasteiger partial charge in [0.15, 0.2) is 5.78 Å². The van der Waals surface area contributed by atoms with E-state index in [2.05, 4.69) is 0 Å². The molecule has 0 fully saturated rings. The molecule has 0 N–H and O–H groups in total. The van der Waals surface area contributed by atoms with Crippen LogP contribution in [0.4, 0.5) is 0 Å². The van der Waals surface area contributed by atoms with E-state index in [1.807, 2.05) is 13.8 Å². The van der Waals surface area contributed by atoms with Gasteiger partial charge in [0.1, 0.15) is 5.75 Å². The highest BCUT2D eigenvalue weighted by Gasteiger charge is 2.20. The number of methoxy groups -OCH3 is 2. The Morgan fingerprint density at radius 2 is 2.00 bits per heavy atom. The van der Waals surface area contributed by atoms with Crippen LogP contribution >= 0.6 is 11.6 Å². The molecule has 0 spiro atoms. The standard InChI is InChI=1S/C14H19ClO3/c1-14(2,18-4)8-7-12(16)11-9-10(15)5-6-13(11)17-3/h5-6,9H,7-8H2,1-4H3. The van der Waals surface area contributed by atoms with Crippen molar-refractivity contribution in [2.45, 2.75) is 32.3 Å². The zero-order valence-corrected chi connectivity index (χ0v) is 12.0. The molecule has 0 aromatic heterocycles. The van der Waals surface area contributed by atoms with Gasteiger partial charge in [-0.05, 0) is 38.5 Å². The third kappa shape index (κ3) is 4.00. The van der Waals surface area contributed by atoms with Crippen molar-refractivity contribution < 1.29 is 14.3 Å². The summed E-state index contributed by atoms with van der Waals surface area (Å²) >= 11 is 5.90. The minimum atomic E-state index is -0.304. The molecule has 0 atom stereocenters. The van der Waals surface area contributed by atoms with Gasteiger partial charge in [-0.1, -0.05) is 11.6 Å². The van der Waals surface area contributed by atoms with Gasteiger partial charge >= 0.3 is 0 Å². The van der Waals surface area contributed by atoms with Gasteiger partial charge in [0, 0.05) is 18.6 Å². The SMILES string of the molecule is COc1ccc(Cl)cc1C(=O)CCC(C)(C)OC. The largest absolute Gasteiger partial charge is 0.496 e. The minimum absolute atomic E-state index is 0.0134. The number of carbonyl (C=O) groups excluding carboxylic acids is 1. The third-order valence-electron chi connectivity index (χ3n) is 2.97. The van der Waals surface area contributed by atoms with Crippen LogP contribution in [0.15, 0.2) is 18.2 Å². The molecule has 0 unspecified atom stereocenters. The van der Waals surface area contributed by atoms with Crippen LogP contribution in [0.2, 0.25) is 5.02 Å². The predicted molar refractivity (Wildman–Crippen MR) is 72.7 cm³/mol. The number of ether oxygens (including phenoxy) is 2. The monoisotopic (exact) mass is 270 g/mol. The van der Waals surface area contributed by atoms with E-state index in [4.69, 9.17) is 21.1 Å². The smallest absolute Gasteiger partial charge is 0.166 e. The first-order chi connectivity index (χ1) is 8.39. The van der Waals surface area contributed by atoms with Crippen molar-refractivity contribution in [3.8, 4) is 5.75 Å². The maximum atomic E-state index is 12.1. The van der Waals surface area contributed by atoms with Crippen molar-refractivity contribution in [3.05, 3.63) is 28.8 Å². The second-order valence-electron chi connectivity index (χ2n) is 4.73. The second kappa shape index (κ2) is 6.21. The summed E-state index contributed by atoms with van der Waals surface area (Å²) in [5, 5.41) is 0.533. The molecule has 0 saturated heterocycles. The first-order valence-corrected chi connectivity index (χ1v) is 6.19. The number of hydrogen-bond donors (Lipinski definition) is 0. The van der Waals surface area contributed by atoms with Crippen LogP contribution in [0, 0.1) is 0 Å². The summed E-state index contributed by atoms with van der Waals surface area (Å²) in [4.78, 5) is 12.1. The maximum Gasteiger partial charge on any atom is 0.166 e. The molecule has 0 bridgehead atoms. The molecule has 100 valence electrons. The number of hydrogen-bond acceptors (Lipinski definition) is 3. The van der Waals surface area contributed by atoms with Gasteiger partial charge in [-0.3, -0.25) is 4.79 Å². The van der Waals surface area contributed by atoms with Crippen LogP contribution < -0.4 is 4.74 Å². The van der Waals surface area contributed by atoms with Crippen LogP contribution in [-0.2, 0) is 4.74 Å². The lowest BCUT2D eigenvalue weighted by molar-refractivity contribution is 0.0141. The quantitative estimate of drug-likeness (QED) is 0.739. The lowest BCUT2D eigenvalue weighted by atomic mass is 9.97. The van der Waals surface area contributed by atoms with Crippen molar-refractivity contribution in [1.29, 1.82) is 0 Å². The van der Waals surface area contributed by atoms with E-state index in [0.717, 1.165) is 0 Å². The Bertz CT molecular complexity index is 427. The van der Waals surface area contributed by atoms with Gasteiger partial charge in [0.2, 0.25) is 0 Å². The zero-order valence-electron chi connectivity index (χ0n) is 11.2. The maximum absolute atomic E-state index is 12.1. The van der Waals surface area contributed by atoms with Crippen LogP contribution in [0.1, 0.15) is 37.0 Å². The second-order valence-corrected chi connectivity index (χ2v) is 5.17. The highest BCUT2D eigenvalue weighted by Crippen LogP contribution is 2.26. The Balaban J connectivity index is 2.81. The van der Waals surface area contributed by atoms with Gasteiger partial charge in [-0.2, -0.15) is 0 Å². The lowest BCUT2D eigenvalue weighted by Crippen LogP contribution is -2.23. The first-order valence-electron chi connectivity index (χ1n) is 5.81. The fourth-order valence-electron chi connectivity index (χ4n) is 1.55. The molecule has 0 saturated carbocycles. The molecule has 1 rings (SSSR count). The average Bonchev–Trinajstić information content (AvgIpc) is 2.36. The fourth-order valence-corrected chi connectivity index (χ4v) is 1.72. The van der Waals surface area contributed by atoms with Crippen molar-refractivity contribution in [1.82, 2.24) is 0 Å². The minimum Gasteiger partial charge on any atom is -0.496 e. The number of Topliss-reactive ketones (excluding diaryl/α,β-unsaturated/α-hetero) is 1. The predicted octanol–water partition coefficient (Wildman–Crippen LogP) is 3.74. The molecule has 0 aliphatic rings. The summed E-state index contributed by atoms with van der Waals surface area (Å²) in [6.07, 6.45) is 1.05. The Kier molecular flexibility index (Phi) is 5.17. The summed E-state index contributed by atoms with van der Waals surface area (Å²) in [6.45, 7) is 3.91. The summed E-state index contributed by atoms with van der Waals surface area (Å²) in [7, 11) is 3.18. The normalized spacial score (nSPS) is 11.4. The Hall–Kier alpha value is -1.06. The molecular formula is C14H19ClO3. The van der Waals surface area contributed by atoms with Gasteiger partial charge in [-0.15, -0.1) is 0 Å². The molecule has 0 aliphatic carbocycles. The Morgan fingerprint density at radius 3 is 2.56 bits per heavy atom. The molecule has 4 heteroatoms. The third-order valence-corrected chi connectivity index (χ3v) is 3.20. The molecule has 0 radical (unpaired) electrons. The van der Waals surface area contributed by atoms with E-state index >= 15 is 0 Å². The number of ketones is 1. The molecule has 0 heterocycles. The summed E-state index contributed by atoms with van der Waals surface area (Å²) < 4.78 is 10.5. The van der Waals surface area contributed by atoms with Crippen LogP contribution in [0.5, 0.6) is 5.75 Å². The zero-order chi connectivity index (χ0) is 13.8. The molecule has 0 aliphatic heterocycles. The molecule has 1 aromatic rings. The molecule has 1 aromatic carbocycles. The van der Waals surface area contributed by atoms with Crippen molar-refractivity contribution >= 4 is 17.4 Å². The number of carbonyl (C=O) groups is 1. The molecular weight excluding hydrogens is 252 g/mol. The van der Waals surface area contributed by atoms with Gasteiger partial charge in [-0.25, -0.2) is 0 Å². The lowest BCUT2D eigenvalue weighted by Gasteiger charge is -2.22. The highest BCUT2D eigenvalue weighted by atomic mass is 35.5. The highest BCUT2D eigenvalue weighted by molar-refractivity contribution is 6.31. The van der Waals surface area contributed by atoms with Gasteiger partial charge < -0.3 is 9.47 Å². The first kappa shape index (κ1) is 15.0. The van der Waals surface area contributed by atoms with E-state index < -0.39 is 0 Å². The Morgan fingerprint density at radius 1 is 1.33 bits per heavy atom. The topological polar surface area (TPSA) is 35.5 Å². The van der Waals surface area contributed by atoms with E-state index in [0.29, 0.717) is 29.2 Å². The van der Waals surface area contributed by atoms with Gasteiger partial charge in [0.25, 0.3) is 0 Å². The van der Waals surface area contributed by atoms with Crippen molar-refractivity contribution in [3.63, 3.8) is 0 Å². The van der Waals surface area contributed by atoms with Crippen molar-refractivity contribution in [2.75, 3.05) is 14.2 Å². The number of benzene rings is 1. The van der Waals surface area contributed by atoms with E-state index in [1.54, 1.807) is 32.4 Å². The summed E-state index contributed by atoms with van der Waals surface area (Å²) in [5.41, 5.74) is 0.221. The van der Waals surface area contributed by atoms with Crippen LogP contribution in [0.3, 0.4) is 0 Å². The number of halogens is 1. The van der Waals surface area contributed by atoms with E-state index in [1.165, 1.54) is 0 Å². The average molecular weight is 271 g/mol. The molecule has 3 nitrogen and oxygen atoms in total. The van der Waals surface area contributed by atoms with Crippen LogP contribution in [-0.4, -0.2) is 25.6 Å². The molecule has 18 heavy (non-hydrogen) atoms. The van der Waals surface area contributed by atoms with Crippen molar-refractivity contribution in [2.24, 2.45) is 0 Å². The van der Waals surface area contributed by atoms with Crippen LogP contribution in [0.25, 0.3) is 0 Å². The van der Waals surface area contributed by atoms with E-state index in [-0.39, 0.29) is 11.4 Å². The summed E-state index contributed by atoms with van der Waals surface area (Å²) in [6, 6.07) is 5.05. The van der Waals surface area contributed by atoms with Gasteiger partial charge in [0.05, 0.1) is 18.3 Å².